The lowest BCUT2D eigenvalue weighted by Gasteiger charge is -2.50. The monoisotopic (exact) mass is 401 g/mol. The van der Waals surface area contributed by atoms with Crippen molar-refractivity contribution in [1.82, 2.24) is 14.9 Å². The normalized spacial score (nSPS) is 25.4. The molecule has 2 heterocycles. The molecule has 1 aliphatic heterocycles. The first-order valence-electron chi connectivity index (χ1n) is 11.1. The van der Waals surface area contributed by atoms with Gasteiger partial charge in [-0.15, -0.1) is 0 Å². The first-order valence-corrected chi connectivity index (χ1v) is 11.1. The molecule has 3 aromatic rings. The van der Waals surface area contributed by atoms with Crippen LogP contribution in [0.15, 0.2) is 54.6 Å². The van der Waals surface area contributed by atoms with Crippen molar-refractivity contribution < 1.29 is 4.74 Å². The summed E-state index contributed by atoms with van der Waals surface area (Å²) in [5.41, 5.74) is 5.31. The van der Waals surface area contributed by atoms with Gasteiger partial charge in [0.15, 0.2) is 0 Å². The molecule has 156 valence electrons. The molecule has 1 aliphatic carbocycles. The van der Waals surface area contributed by atoms with Gasteiger partial charge >= 0.3 is 0 Å². The molecule has 1 unspecified atom stereocenters. The number of ether oxygens (including phenoxy) is 1. The summed E-state index contributed by atoms with van der Waals surface area (Å²) >= 11 is 0. The summed E-state index contributed by atoms with van der Waals surface area (Å²) in [6.45, 7) is 3.29. The number of piperidine rings is 1. The number of hydrogen-bond donors (Lipinski definition) is 1. The second-order valence-corrected chi connectivity index (χ2v) is 8.94. The molecule has 1 N–H and O–H groups in total. The van der Waals surface area contributed by atoms with Gasteiger partial charge in [0.1, 0.15) is 11.6 Å². The van der Waals surface area contributed by atoms with Gasteiger partial charge in [-0.1, -0.05) is 49.4 Å². The van der Waals surface area contributed by atoms with Crippen molar-refractivity contribution in [2.24, 2.45) is 13.0 Å². The highest BCUT2D eigenvalue weighted by Gasteiger charge is 2.48. The minimum atomic E-state index is 0.0650. The van der Waals surface area contributed by atoms with Gasteiger partial charge in [-0.3, -0.25) is 0 Å². The minimum Gasteiger partial charge on any atom is -0.497 e. The summed E-state index contributed by atoms with van der Waals surface area (Å²) in [7, 11) is 3.94. The minimum absolute atomic E-state index is 0.0650. The van der Waals surface area contributed by atoms with E-state index in [1.54, 1.807) is 7.11 Å². The maximum Gasteiger partial charge on any atom is 0.140 e. The van der Waals surface area contributed by atoms with Gasteiger partial charge in [-0.2, -0.15) is 0 Å². The van der Waals surface area contributed by atoms with Crippen molar-refractivity contribution in [3.05, 3.63) is 71.5 Å². The number of rotatable bonds is 4. The zero-order chi connectivity index (χ0) is 20.7. The SMILES string of the molecule is CC[C@@H]1C[C@@H]2Cc3c(nc(-c4ccccc4)n3C)CC2(c2cccc(OC)c2)CN1. The third-order valence-electron chi connectivity index (χ3n) is 7.45. The van der Waals surface area contributed by atoms with Crippen molar-refractivity contribution in [2.45, 2.75) is 44.1 Å². The fourth-order valence-electron chi connectivity index (χ4n) is 5.66. The van der Waals surface area contributed by atoms with Crippen molar-refractivity contribution >= 4 is 0 Å². The molecule has 4 heteroatoms. The number of imidazole rings is 1. The van der Waals surface area contributed by atoms with E-state index < -0.39 is 0 Å². The maximum atomic E-state index is 5.57. The molecule has 0 saturated carbocycles. The number of hydrogen-bond acceptors (Lipinski definition) is 3. The van der Waals surface area contributed by atoms with Crippen LogP contribution in [0.2, 0.25) is 0 Å². The number of nitrogens with one attached hydrogen (secondary N) is 1. The quantitative estimate of drug-likeness (QED) is 0.699. The van der Waals surface area contributed by atoms with Crippen LogP contribution in [-0.4, -0.2) is 29.2 Å². The number of nitrogens with zero attached hydrogens (tertiary/aromatic N) is 2. The van der Waals surface area contributed by atoms with Gasteiger partial charge in [-0.25, -0.2) is 4.98 Å². The Labute approximate surface area is 179 Å². The van der Waals surface area contributed by atoms with E-state index in [1.807, 2.05) is 6.07 Å². The van der Waals surface area contributed by atoms with Gasteiger partial charge in [0.25, 0.3) is 0 Å². The largest absolute Gasteiger partial charge is 0.497 e. The summed E-state index contributed by atoms with van der Waals surface area (Å²) in [5.74, 6) is 2.62. The van der Waals surface area contributed by atoms with Crippen molar-refractivity contribution in [3.63, 3.8) is 0 Å². The second kappa shape index (κ2) is 7.59. The van der Waals surface area contributed by atoms with Crippen LogP contribution in [0.25, 0.3) is 11.4 Å². The highest BCUT2D eigenvalue weighted by molar-refractivity contribution is 5.57. The Morgan fingerprint density at radius 3 is 2.77 bits per heavy atom. The lowest BCUT2D eigenvalue weighted by molar-refractivity contribution is 0.146. The highest BCUT2D eigenvalue weighted by Crippen LogP contribution is 2.47. The van der Waals surface area contributed by atoms with Crippen molar-refractivity contribution in [1.29, 1.82) is 0 Å². The lowest BCUT2D eigenvalue weighted by atomic mass is 9.59. The van der Waals surface area contributed by atoms with Crippen LogP contribution < -0.4 is 10.1 Å². The predicted molar refractivity (Wildman–Crippen MR) is 121 cm³/mol. The second-order valence-electron chi connectivity index (χ2n) is 8.94. The van der Waals surface area contributed by atoms with Gasteiger partial charge in [0.05, 0.1) is 12.8 Å². The highest BCUT2D eigenvalue weighted by atomic mass is 16.5. The van der Waals surface area contributed by atoms with E-state index in [9.17, 15) is 0 Å². The Bertz CT molecular complexity index is 1040. The van der Waals surface area contributed by atoms with Crippen LogP contribution in [0.5, 0.6) is 5.75 Å². The number of aromatic nitrogens is 2. The maximum absolute atomic E-state index is 5.57. The molecule has 3 atom stereocenters. The van der Waals surface area contributed by atoms with Crippen LogP contribution >= 0.6 is 0 Å². The average molecular weight is 402 g/mol. The molecule has 2 aliphatic rings. The van der Waals surface area contributed by atoms with Gasteiger partial charge < -0.3 is 14.6 Å². The smallest absolute Gasteiger partial charge is 0.140 e. The van der Waals surface area contributed by atoms with Crippen molar-refractivity contribution in [3.8, 4) is 17.1 Å². The molecule has 2 aromatic carbocycles. The molecule has 4 nitrogen and oxygen atoms in total. The lowest BCUT2D eigenvalue weighted by Crippen LogP contribution is -2.57. The Morgan fingerprint density at radius 1 is 1.17 bits per heavy atom. The Hall–Kier alpha value is -2.59. The van der Waals surface area contributed by atoms with E-state index in [4.69, 9.17) is 9.72 Å². The van der Waals surface area contributed by atoms with Gasteiger partial charge in [-0.05, 0) is 42.9 Å². The number of methoxy groups -OCH3 is 1. The van der Waals surface area contributed by atoms with Crippen LogP contribution in [0.4, 0.5) is 0 Å². The van der Waals surface area contributed by atoms with E-state index in [2.05, 4.69) is 72.4 Å². The van der Waals surface area contributed by atoms with Crippen LogP contribution in [0.3, 0.4) is 0 Å². The van der Waals surface area contributed by atoms with Gasteiger partial charge in [0, 0.05) is 42.7 Å². The zero-order valence-corrected chi connectivity index (χ0v) is 18.2. The molecule has 0 spiro atoms. The summed E-state index contributed by atoms with van der Waals surface area (Å²) < 4.78 is 7.91. The summed E-state index contributed by atoms with van der Waals surface area (Å²) in [4.78, 5) is 5.17. The van der Waals surface area contributed by atoms with Crippen LogP contribution in [-0.2, 0) is 25.3 Å². The summed E-state index contributed by atoms with van der Waals surface area (Å²) in [6, 6.07) is 19.9. The topological polar surface area (TPSA) is 39.1 Å². The third-order valence-corrected chi connectivity index (χ3v) is 7.45. The Kier molecular flexibility index (Phi) is 4.90. The molecule has 5 rings (SSSR count). The molecule has 1 saturated heterocycles. The molecule has 1 fully saturated rings. The molecule has 0 bridgehead atoms. The zero-order valence-electron chi connectivity index (χ0n) is 18.2. The molecule has 30 heavy (non-hydrogen) atoms. The number of benzene rings is 2. The van der Waals surface area contributed by atoms with E-state index in [0.717, 1.165) is 31.0 Å². The first kappa shape index (κ1) is 19.4. The van der Waals surface area contributed by atoms with E-state index in [0.29, 0.717) is 12.0 Å². The molecule has 1 aromatic heterocycles. The molecule has 0 amide bonds. The fourth-order valence-corrected chi connectivity index (χ4v) is 5.66. The van der Waals surface area contributed by atoms with Crippen LogP contribution in [0.1, 0.15) is 36.7 Å². The molecular formula is C26H31N3O. The van der Waals surface area contributed by atoms with E-state index in [1.165, 1.54) is 35.4 Å². The molecular weight excluding hydrogens is 370 g/mol. The first-order chi connectivity index (χ1) is 14.6. The van der Waals surface area contributed by atoms with E-state index in [-0.39, 0.29) is 5.41 Å². The van der Waals surface area contributed by atoms with Crippen LogP contribution in [0, 0.1) is 5.92 Å². The Morgan fingerprint density at radius 2 is 2.00 bits per heavy atom. The van der Waals surface area contributed by atoms with E-state index >= 15 is 0 Å². The predicted octanol–water partition coefficient (Wildman–Crippen LogP) is 4.52. The Balaban J connectivity index is 1.61. The summed E-state index contributed by atoms with van der Waals surface area (Å²) in [6.07, 6.45) is 4.45. The fraction of sp³-hybridized carbons (Fsp3) is 0.423. The molecule has 0 radical (unpaired) electrons. The summed E-state index contributed by atoms with van der Waals surface area (Å²) in [5, 5.41) is 3.85. The third kappa shape index (κ3) is 3.05. The van der Waals surface area contributed by atoms with Crippen molar-refractivity contribution in [2.75, 3.05) is 13.7 Å². The van der Waals surface area contributed by atoms with Gasteiger partial charge in [0.2, 0.25) is 0 Å². The number of fused-ring (bicyclic) bond motifs is 2. The standard InChI is InChI=1S/C26H31N3O/c1-4-21-13-20-15-24-23(28-25(29(24)2)18-9-6-5-7-10-18)16-26(20,17-27-21)19-11-8-12-22(14-19)30-3/h5-12,14,20-21,27H,4,13,15-17H2,1-3H3/t20-,21-,26?/m1/s1. The average Bonchev–Trinajstić information content (AvgIpc) is 3.12.